The van der Waals surface area contributed by atoms with Gasteiger partial charge < -0.3 is 15.8 Å². The lowest BCUT2D eigenvalue weighted by Crippen LogP contribution is -2.22. The standard InChI is InChI=1S/C17H17ClN2O3S/c1-10(24-13-6-4-12(23-2)5-7-13)17(22)20-11-3-8-15(18)14(9-11)16(19)21/h3-10H,1-2H3,(H2,19,21)(H,20,22)/t10-/m0/s1. The van der Waals surface area contributed by atoms with Crippen molar-refractivity contribution in [2.75, 3.05) is 12.4 Å². The van der Waals surface area contributed by atoms with Gasteiger partial charge in [0, 0.05) is 10.6 Å². The smallest absolute Gasteiger partial charge is 0.250 e. The SMILES string of the molecule is COc1ccc(S[C@@H](C)C(=O)Nc2ccc(Cl)c(C(N)=O)c2)cc1. The van der Waals surface area contributed by atoms with E-state index in [1.165, 1.54) is 23.9 Å². The highest BCUT2D eigenvalue weighted by Crippen LogP contribution is 2.27. The van der Waals surface area contributed by atoms with Crippen LogP contribution in [0.3, 0.4) is 0 Å². The number of benzene rings is 2. The van der Waals surface area contributed by atoms with Crippen LogP contribution in [-0.4, -0.2) is 24.2 Å². The molecule has 3 N–H and O–H groups in total. The zero-order chi connectivity index (χ0) is 17.7. The number of anilines is 1. The van der Waals surface area contributed by atoms with Gasteiger partial charge in [-0.2, -0.15) is 0 Å². The minimum absolute atomic E-state index is 0.171. The number of carbonyl (C=O) groups is 2. The third-order valence-corrected chi connectivity index (χ3v) is 4.68. The molecule has 0 bridgehead atoms. The quantitative estimate of drug-likeness (QED) is 0.768. The number of ether oxygens (including phenoxy) is 1. The molecule has 0 aliphatic carbocycles. The molecule has 0 aromatic heterocycles. The molecule has 0 unspecified atom stereocenters. The van der Waals surface area contributed by atoms with Crippen molar-refractivity contribution in [1.29, 1.82) is 0 Å². The van der Waals surface area contributed by atoms with Crippen LogP contribution < -0.4 is 15.8 Å². The summed E-state index contributed by atoms with van der Waals surface area (Å²) < 4.78 is 5.10. The molecule has 7 heteroatoms. The maximum atomic E-state index is 12.3. The van der Waals surface area contributed by atoms with Gasteiger partial charge >= 0.3 is 0 Å². The van der Waals surface area contributed by atoms with E-state index < -0.39 is 5.91 Å². The molecule has 0 saturated carbocycles. The van der Waals surface area contributed by atoms with Gasteiger partial charge in [0.15, 0.2) is 0 Å². The van der Waals surface area contributed by atoms with Gasteiger partial charge in [-0.1, -0.05) is 11.6 Å². The van der Waals surface area contributed by atoms with Gasteiger partial charge in [0.05, 0.1) is 22.9 Å². The number of hydrogen-bond donors (Lipinski definition) is 2. The second-order valence-electron chi connectivity index (χ2n) is 4.98. The van der Waals surface area contributed by atoms with Gasteiger partial charge in [-0.3, -0.25) is 9.59 Å². The number of carbonyl (C=O) groups excluding carboxylic acids is 2. The summed E-state index contributed by atoms with van der Waals surface area (Å²) in [5.74, 6) is -0.0677. The Morgan fingerprint density at radius 1 is 1.21 bits per heavy atom. The van der Waals surface area contributed by atoms with Crippen LogP contribution in [0.15, 0.2) is 47.4 Å². The number of halogens is 1. The van der Waals surface area contributed by atoms with Crippen LogP contribution in [0.1, 0.15) is 17.3 Å². The molecular formula is C17H17ClN2O3S. The van der Waals surface area contributed by atoms with E-state index in [-0.39, 0.29) is 21.7 Å². The van der Waals surface area contributed by atoms with Crippen LogP contribution in [-0.2, 0) is 4.79 Å². The Morgan fingerprint density at radius 3 is 2.46 bits per heavy atom. The van der Waals surface area contributed by atoms with E-state index in [0.717, 1.165) is 10.6 Å². The van der Waals surface area contributed by atoms with E-state index in [1.54, 1.807) is 20.1 Å². The number of hydrogen-bond acceptors (Lipinski definition) is 4. The summed E-state index contributed by atoms with van der Waals surface area (Å²) in [6.45, 7) is 1.80. The van der Waals surface area contributed by atoms with Crippen molar-refractivity contribution in [3.8, 4) is 5.75 Å². The van der Waals surface area contributed by atoms with Crippen molar-refractivity contribution in [3.05, 3.63) is 53.1 Å². The molecule has 1 atom stereocenters. The summed E-state index contributed by atoms with van der Waals surface area (Å²) in [5, 5.41) is 2.68. The summed E-state index contributed by atoms with van der Waals surface area (Å²) in [4.78, 5) is 24.5. The van der Waals surface area contributed by atoms with E-state index in [2.05, 4.69) is 5.32 Å². The average molecular weight is 365 g/mol. The zero-order valence-corrected chi connectivity index (χ0v) is 14.8. The second kappa shape index (κ2) is 8.08. The first kappa shape index (κ1) is 18.2. The molecule has 0 aliphatic heterocycles. The molecule has 0 aliphatic rings. The number of nitrogens with two attached hydrogens (primary N) is 1. The zero-order valence-electron chi connectivity index (χ0n) is 13.2. The topological polar surface area (TPSA) is 81.4 Å². The average Bonchev–Trinajstić information content (AvgIpc) is 2.57. The van der Waals surface area contributed by atoms with Crippen LogP contribution in [0.2, 0.25) is 5.02 Å². The van der Waals surface area contributed by atoms with Gasteiger partial charge in [0.2, 0.25) is 11.8 Å². The van der Waals surface area contributed by atoms with Crippen molar-refractivity contribution in [2.24, 2.45) is 5.73 Å². The first-order valence-corrected chi connectivity index (χ1v) is 8.37. The lowest BCUT2D eigenvalue weighted by molar-refractivity contribution is -0.115. The number of primary amides is 1. The van der Waals surface area contributed by atoms with E-state index in [9.17, 15) is 9.59 Å². The largest absolute Gasteiger partial charge is 0.497 e. The van der Waals surface area contributed by atoms with Gasteiger partial charge in [0.1, 0.15) is 5.75 Å². The number of nitrogens with one attached hydrogen (secondary N) is 1. The Hall–Kier alpha value is -2.18. The highest BCUT2D eigenvalue weighted by atomic mass is 35.5. The summed E-state index contributed by atoms with van der Waals surface area (Å²) in [5.41, 5.74) is 5.89. The fourth-order valence-electron chi connectivity index (χ4n) is 1.95. The summed E-state index contributed by atoms with van der Waals surface area (Å²) in [6, 6.07) is 12.1. The Kier molecular flexibility index (Phi) is 6.11. The molecule has 2 aromatic carbocycles. The number of amides is 2. The molecule has 0 spiro atoms. The van der Waals surface area contributed by atoms with Crippen molar-refractivity contribution >= 4 is 40.9 Å². The molecule has 24 heavy (non-hydrogen) atoms. The molecular weight excluding hydrogens is 348 g/mol. The van der Waals surface area contributed by atoms with Crippen LogP contribution in [0.25, 0.3) is 0 Å². The first-order chi connectivity index (χ1) is 11.4. The predicted octanol–water partition coefficient (Wildman–Crippen LogP) is 3.57. The second-order valence-corrected chi connectivity index (χ2v) is 6.81. The third kappa shape index (κ3) is 4.66. The maximum Gasteiger partial charge on any atom is 0.250 e. The predicted molar refractivity (Wildman–Crippen MR) is 96.9 cm³/mol. The molecule has 126 valence electrons. The van der Waals surface area contributed by atoms with Crippen LogP contribution >= 0.6 is 23.4 Å². The normalized spacial score (nSPS) is 11.6. The Labute approximate surface area is 149 Å². The number of rotatable bonds is 6. The van der Waals surface area contributed by atoms with E-state index in [0.29, 0.717) is 5.69 Å². The lowest BCUT2D eigenvalue weighted by Gasteiger charge is -2.13. The van der Waals surface area contributed by atoms with Gasteiger partial charge in [-0.25, -0.2) is 0 Å². The van der Waals surface area contributed by atoms with Crippen molar-refractivity contribution in [3.63, 3.8) is 0 Å². The Morgan fingerprint density at radius 2 is 1.88 bits per heavy atom. The van der Waals surface area contributed by atoms with E-state index in [4.69, 9.17) is 22.1 Å². The highest BCUT2D eigenvalue weighted by molar-refractivity contribution is 8.00. The van der Waals surface area contributed by atoms with Crippen molar-refractivity contribution < 1.29 is 14.3 Å². The molecule has 0 fully saturated rings. The minimum atomic E-state index is -0.642. The first-order valence-electron chi connectivity index (χ1n) is 7.11. The van der Waals surface area contributed by atoms with E-state index >= 15 is 0 Å². The molecule has 0 heterocycles. The summed E-state index contributed by atoms with van der Waals surface area (Å²) in [6.07, 6.45) is 0. The highest BCUT2D eigenvalue weighted by Gasteiger charge is 2.16. The Bertz CT molecular complexity index is 750. The van der Waals surface area contributed by atoms with Gasteiger partial charge in [-0.05, 0) is 49.4 Å². The minimum Gasteiger partial charge on any atom is -0.497 e. The Balaban J connectivity index is 2.03. The molecule has 0 radical (unpaired) electrons. The monoisotopic (exact) mass is 364 g/mol. The van der Waals surface area contributed by atoms with Gasteiger partial charge in [0.25, 0.3) is 0 Å². The fourth-order valence-corrected chi connectivity index (χ4v) is 3.03. The maximum absolute atomic E-state index is 12.3. The summed E-state index contributed by atoms with van der Waals surface area (Å²) in [7, 11) is 1.60. The van der Waals surface area contributed by atoms with Gasteiger partial charge in [-0.15, -0.1) is 11.8 Å². The molecule has 0 saturated heterocycles. The molecule has 2 aromatic rings. The lowest BCUT2D eigenvalue weighted by atomic mass is 10.2. The molecule has 2 rings (SSSR count). The number of methoxy groups -OCH3 is 1. The van der Waals surface area contributed by atoms with Crippen molar-refractivity contribution in [1.82, 2.24) is 0 Å². The van der Waals surface area contributed by atoms with E-state index in [1.807, 2.05) is 24.3 Å². The third-order valence-electron chi connectivity index (χ3n) is 3.24. The number of thioether (sulfide) groups is 1. The van der Waals surface area contributed by atoms with Crippen LogP contribution in [0.4, 0.5) is 5.69 Å². The van der Waals surface area contributed by atoms with Crippen LogP contribution in [0, 0.1) is 0 Å². The molecule has 5 nitrogen and oxygen atoms in total. The fraction of sp³-hybridized carbons (Fsp3) is 0.176. The summed E-state index contributed by atoms with van der Waals surface area (Å²) >= 11 is 7.31. The molecule has 2 amide bonds. The van der Waals surface area contributed by atoms with Crippen LogP contribution in [0.5, 0.6) is 5.75 Å². The van der Waals surface area contributed by atoms with Crippen molar-refractivity contribution in [2.45, 2.75) is 17.1 Å².